The van der Waals surface area contributed by atoms with Gasteiger partial charge in [-0.2, -0.15) is 0 Å². The molecule has 2 heterocycles. The van der Waals surface area contributed by atoms with Gasteiger partial charge in [0.15, 0.2) is 0 Å². The highest BCUT2D eigenvalue weighted by molar-refractivity contribution is 7.21. The number of benzene rings is 2. The molecule has 0 atom stereocenters. The first-order valence-electron chi connectivity index (χ1n) is 8.06. The molecule has 2 aromatic carbocycles. The van der Waals surface area contributed by atoms with Crippen LogP contribution in [0, 0.1) is 6.92 Å². The first-order chi connectivity index (χ1) is 12.6. The van der Waals surface area contributed by atoms with Crippen molar-refractivity contribution in [3.8, 4) is 10.6 Å². The van der Waals surface area contributed by atoms with Crippen molar-refractivity contribution in [2.75, 3.05) is 5.32 Å². The van der Waals surface area contributed by atoms with E-state index in [0.717, 1.165) is 20.8 Å². The van der Waals surface area contributed by atoms with Crippen molar-refractivity contribution in [2.45, 2.75) is 6.92 Å². The number of nitrogens with zero attached hydrogens (tertiary/aromatic N) is 1. The number of thiazole rings is 1. The molecule has 2 N–H and O–H groups in total. The monoisotopic (exact) mass is 361 g/mol. The molecule has 1 amide bonds. The average Bonchev–Trinajstić information content (AvgIpc) is 3.05. The van der Waals surface area contributed by atoms with Gasteiger partial charge < -0.3 is 10.3 Å². The van der Waals surface area contributed by atoms with Crippen LogP contribution in [0.1, 0.15) is 15.9 Å². The first kappa shape index (κ1) is 16.2. The first-order valence-corrected chi connectivity index (χ1v) is 8.88. The van der Waals surface area contributed by atoms with Crippen LogP contribution in [0.4, 0.5) is 5.69 Å². The summed E-state index contributed by atoms with van der Waals surface area (Å²) < 4.78 is 1.16. The van der Waals surface area contributed by atoms with E-state index in [-0.39, 0.29) is 11.5 Å². The summed E-state index contributed by atoms with van der Waals surface area (Å²) in [6.45, 7) is 2.07. The molecular weight excluding hydrogens is 346 g/mol. The highest BCUT2D eigenvalue weighted by atomic mass is 32.1. The third-order valence-electron chi connectivity index (χ3n) is 3.97. The zero-order valence-corrected chi connectivity index (χ0v) is 14.8. The summed E-state index contributed by atoms with van der Waals surface area (Å²) >= 11 is 1.65. The Kier molecular flexibility index (Phi) is 4.10. The van der Waals surface area contributed by atoms with Gasteiger partial charge in [-0.25, -0.2) is 4.98 Å². The van der Waals surface area contributed by atoms with E-state index in [1.165, 1.54) is 17.8 Å². The summed E-state index contributed by atoms with van der Waals surface area (Å²) in [5.74, 6) is -0.320. The molecular formula is C20H15N3O2S. The van der Waals surface area contributed by atoms with Crippen molar-refractivity contribution in [1.29, 1.82) is 0 Å². The van der Waals surface area contributed by atoms with Gasteiger partial charge in [-0.1, -0.05) is 6.07 Å². The molecule has 0 saturated carbocycles. The number of aryl methyl sites for hydroxylation is 1. The lowest BCUT2D eigenvalue weighted by atomic mass is 10.2. The summed E-state index contributed by atoms with van der Waals surface area (Å²) in [4.78, 5) is 30.7. The van der Waals surface area contributed by atoms with Crippen molar-refractivity contribution >= 4 is 33.1 Å². The van der Waals surface area contributed by atoms with E-state index in [0.29, 0.717) is 11.3 Å². The molecule has 26 heavy (non-hydrogen) atoms. The van der Waals surface area contributed by atoms with Crippen LogP contribution in [-0.4, -0.2) is 15.9 Å². The van der Waals surface area contributed by atoms with E-state index < -0.39 is 0 Å². The summed E-state index contributed by atoms with van der Waals surface area (Å²) in [5, 5.41) is 3.73. The van der Waals surface area contributed by atoms with Crippen LogP contribution in [0.2, 0.25) is 0 Å². The third-order valence-corrected chi connectivity index (χ3v) is 5.04. The fraction of sp³-hybridized carbons (Fsp3) is 0.0500. The van der Waals surface area contributed by atoms with Gasteiger partial charge in [0.25, 0.3) is 5.91 Å². The van der Waals surface area contributed by atoms with Crippen LogP contribution in [-0.2, 0) is 0 Å². The molecule has 2 aromatic heterocycles. The Balaban J connectivity index is 1.56. The molecule has 0 aliphatic rings. The highest BCUT2D eigenvalue weighted by Gasteiger charge is 2.09. The minimum atomic E-state index is -0.320. The Hall–Kier alpha value is -3.25. The summed E-state index contributed by atoms with van der Waals surface area (Å²) in [6.07, 6.45) is 1.45. The molecule has 0 radical (unpaired) electrons. The minimum Gasteiger partial charge on any atom is -0.329 e. The summed E-state index contributed by atoms with van der Waals surface area (Å²) in [5.41, 5.74) is 3.88. The van der Waals surface area contributed by atoms with Gasteiger partial charge in [-0.3, -0.25) is 9.59 Å². The van der Waals surface area contributed by atoms with Gasteiger partial charge in [0, 0.05) is 29.1 Å². The highest BCUT2D eigenvalue weighted by Crippen LogP contribution is 2.31. The Bertz CT molecular complexity index is 1160. The Labute approximate surface area is 153 Å². The van der Waals surface area contributed by atoms with E-state index in [9.17, 15) is 9.59 Å². The van der Waals surface area contributed by atoms with Crippen molar-refractivity contribution in [3.63, 3.8) is 0 Å². The zero-order valence-electron chi connectivity index (χ0n) is 13.9. The second-order valence-corrected chi connectivity index (χ2v) is 6.99. The van der Waals surface area contributed by atoms with E-state index >= 15 is 0 Å². The fourth-order valence-electron chi connectivity index (χ4n) is 2.64. The molecule has 0 bridgehead atoms. The number of rotatable bonds is 3. The van der Waals surface area contributed by atoms with Crippen molar-refractivity contribution in [2.24, 2.45) is 0 Å². The van der Waals surface area contributed by atoms with Crippen LogP contribution in [0.3, 0.4) is 0 Å². The number of fused-ring (bicyclic) bond motifs is 1. The maximum atomic E-state index is 12.2. The van der Waals surface area contributed by atoms with Gasteiger partial charge in [-0.15, -0.1) is 11.3 Å². The standard InChI is InChI=1S/C20H15N3O2S/c1-12-2-7-16-17(10-12)26-20(23-16)13-3-5-15(6-4-13)22-19(25)14-8-9-21-18(24)11-14/h2-11H,1H3,(H,21,24)(H,22,25). The predicted molar refractivity (Wildman–Crippen MR) is 105 cm³/mol. The topological polar surface area (TPSA) is 74.8 Å². The maximum absolute atomic E-state index is 12.2. The number of carbonyl (C=O) groups excluding carboxylic acids is 1. The van der Waals surface area contributed by atoms with Gasteiger partial charge >= 0.3 is 0 Å². The fourth-order valence-corrected chi connectivity index (χ4v) is 3.71. The average molecular weight is 361 g/mol. The van der Waals surface area contributed by atoms with E-state index in [1.54, 1.807) is 17.4 Å². The van der Waals surface area contributed by atoms with Gasteiger partial charge in [0.2, 0.25) is 5.56 Å². The third kappa shape index (κ3) is 3.27. The number of carbonyl (C=O) groups is 1. The molecule has 128 valence electrons. The smallest absolute Gasteiger partial charge is 0.255 e. The molecule has 0 spiro atoms. The van der Waals surface area contributed by atoms with Crippen molar-refractivity contribution in [1.82, 2.24) is 9.97 Å². The van der Waals surface area contributed by atoms with Crippen molar-refractivity contribution in [3.05, 3.63) is 82.3 Å². The van der Waals surface area contributed by atoms with Gasteiger partial charge in [0.1, 0.15) is 5.01 Å². The molecule has 0 aliphatic carbocycles. The normalized spacial score (nSPS) is 10.8. The zero-order chi connectivity index (χ0) is 18.1. The van der Waals surface area contributed by atoms with Gasteiger partial charge in [-0.05, 0) is 55.0 Å². The lowest BCUT2D eigenvalue weighted by Crippen LogP contribution is -2.15. The number of hydrogen-bond donors (Lipinski definition) is 2. The number of pyridine rings is 1. The number of nitrogens with one attached hydrogen (secondary N) is 2. The predicted octanol–water partition coefficient (Wildman–Crippen LogP) is 4.21. The van der Waals surface area contributed by atoms with Gasteiger partial charge in [0.05, 0.1) is 10.2 Å². The lowest BCUT2D eigenvalue weighted by Gasteiger charge is -2.05. The van der Waals surface area contributed by atoms with Crippen molar-refractivity contribution < 1.29 is 4.79 Å². The number of aromatic nitrogens is 2. The molecule has 0 saturated heterocycles. The molecule has 4 aromatic rings. The number of anilines is 1. The maximum Gasteiger partial charge on any atom is 0.255 e. The number of H-pyrrole nitrogens is 1. The molecule has 6 heteroatoms. The molecule has 5 nitrogen and oxygen atoms in total. The Morgan fingerprint density at radius 3 is 2.65 bits per heavy atom. The Morgan fingerprint density at radius 2 is 1.88 bits per heavy atom. The van der Waals surface area contributed by atoms with E-state index in [2.05, 4.69) is 34.3 Å². The van der Waals surface area contributed by atoms with Crippen LogP contribution in [0.25, 0.3) is 20.8 Å². The Morgan fingerprint density at radius 1 is 1.08 bits per heavy atom. The quantitative estimate of drug-likeness (QED) is 0.574. The lowest BCUT2D eigenvalue weighted by molar-refractivity contribution is 0.102. The number of aromatic amines is 1. The number of amides is 1. The second kappa shape index (κ2) is 6.57. The summed E-state index contributed by atoms with van der Waals surface area (Å²) in [7, 11) is 0. The number of hydrogen-bond acceptors (Lipinski definition) is 4. The molecule has 0 unspecified atom stereocenters. The van der Waals surface area contributed by atoms with Crippen LogP contribution >= 0.6 is 11.3 Å². The van der Waals surface area contributed by atoms with E-state index in [4.69, 9.17) is 0 Å². The second-order valence-electron chi connectivity index (χ2n) is 5.96. The molecule has 0 fully saturated rings. The minimum absolute atomic E-state index is 0.306. The van der Waals surface area contributed by atoms with Crippen LogP contribution in [0.15, 0.2) is 65.6 Å². The van der Waals surface area contributed by atoms with Crippen LogP contribution in [0.5, 0.6) is 0 Å². The summed E-state index contributed by atoms with van der Waals surface area (Å²) in [6, 6.07) is 16.6. The molecule has 4 rings (SSSR count). The largest absolute Gasteiger partial charge is 0.329 e. The molecule has 0 aliphatic heterocycles. The SMILES string of the molecule is Cc1ccc2nc(-c3ccc(NC(=O)c4cc[nH]c(=O)c4)cc3)sc2c1. The van der Waals surface area contributed by atoms with E-state index in [1.807, 2.05) is 30.3 Å². The van der Waals surface area contributed by atoms with Crippen LogP contribution < -0.4 is 10.9 Å².